The number of pyridine rings is 1. The summed E-state index contributed by atoms with van der Waals surface area (Å²) in [6.45, 7) is 0. The van der Waals surface area contributed by atoms with Crippen LogP contribution in [0.4, 0.5) is 30.5 Å². The van der Waals surface area contributed by atoms with Crippen molar-refractivity contribution in [2.45, 2.75) is 0 Å². The molecule has 0 radical (unpaired) electrons. The molecule has 0 aliphatic rings. The lowest BCUT2D eigenvalue weighted by molar-refractivity contribution is 0.102. The number of nitrogens with zero attached hydrogens (tertiary/aromatic N) is 4. The molecule has 0 aliphatic heterocycles. The Labute approximate surface area is 226 Å². The number of anilines is 3. The molecule has 3 aromatic carbocycles. The Morgan fingerprint density at radius 2 is 1.65 bits per heavy atom. The van der Waals surface area contributed by atoms with Crippen LogP contribution in [0.1, 0.15) is 10.4 Å². The Kier molecular flexibility index (Phi) is 6.41. The smallest absolute Gasteiger partial charge is 0.258 e. The minimum absolute atomic E-state index is 0.266. The number of nitrogens with one attached hydrogen (secondary N) is 2. The molecule has 0 bridgehead atoms. The summed E-state index contributed by atoms with van der Waals surface area (Å²) in [5.41, 5.74) is 3.69. The van der Waals surface area contributed by atoms with Crippen molar-refractivity contribution in [1.29, 1.82) is 0 Å². The molecule has 0 spiro atoms. The topological polar surface area (TPSA) is 84.2 Å². The number of hydrogen-bond acceptors (Lipinski definition) is 5. The van der Waals surface area contributed by atoms with Crippen molar-refractivity contribution in [2.24, 2.45) is 0 Å². The molecule has 6 rings (SSSR count). The first kappa shape index (κ1) is 24.8. The van der Waals surface area contributed by atoms with Gasteiger partial charge in [-0.25, -0.2) is 27.7 Å². The Balaban J connectivity index is 1.39. The predicted octanol–water partition coefficient (Wildman–Crippen LogP) is 6.87. The molecule has 40 heavy (non-hydrogen) atoms. The number of carbonyl (C=O) groups excluding carboxylic acids is 1. The molecule has 10 heteroatoms. The number of hydrogen-bond donors (Lipinski definition) is 2. The molecule has 0 aliphatic carbocycles. The first-order chi connectivity index (χ1) is 19.5. The summed E-state index contributed by atoms with van der Waals surface area (Å²) in [6.07, 6.45) is 3.39. The molecule has 6 aromatic rings. The standard InChI is InChI=1S/C30H19F3N6O/c31-19-7-4-9-21(17-19)36-30-34-14-13-24(37-30)26-25-12-1-2-15-39(25)38-28(26)18-6-3-8-20(16-18)35-29(40)22-10-5-11-23(32)27(22)33/h1-17H,(H,35,40)(H,34,36,37). The number of carbonyl (C=O) groups is 1. The van der Waals surface area contributed by atoms with Gasteiger partial charge in [-0.2, -0.15) is 5.10 Å². The molecule has 7 nitrogen and oxygen atoms in total. The molecule has 0 atom stereocenters. The summed E-state index contributed by atoms with van der Waals surface area (Å²) >= 11 is 0. The highest BCUT2D eigenvalue weighted by atomic mass is 19.2. The van der Waals surface area contributed by atoms with E-state index < -0.39 is 28.9 Å². The van der Waals surface area contributed by atoms with Gasteiger partial charge in [-0.05, 0) is 60.7 Å². The van der Waals surface area contributed by atoms with Crippen LogP contribution in [0.15, 0.2) is 103 Å². The Morgan fingerprint density at radius 3 is 2.52 bits per heavy atom. The Hall–Kier alpha value is -5.51. The van der Waals surface area contributed by atoms with Crippen LogP contribution in [-0.2, 0) is 0 Å². The fourth-order valence-corrected chi connectivity index (χ4v) is 4.33. The second-order valence-corrected chi connectivity index (χ2v) is 8.79. The molecule has 0 saturated heterocycles. The molecule has 0 unspecified atom stereocenters. The first-order valence-electron chi connectivity index (χ1n) is 12.2. The predicted molar refractivity (Wildman–Crippen MR) is 146 cm³/mol. The van der Waals surface area contributed by atoms with E-state index >= 15 is 0 Å². The van der Waals surface area contributed by atoms with E-state index in [1.54, 1.807) is 53.3 Å². The lowest BCUT2D eigenvalue weighted by Gasteiger charge is -2.10. The number of halogens is 3. The summed E-state index contributed by atoms with van der Waals surface area (Å²) in [6, 6.07) is 23.6. The first-order valence-corrected chi connectivity index (χ1v) is 12.2. The average molecular weight is 537 g/mol. The number of aromatic nitrogens is 4. The maximum atomic E-state index is 14.2. The average Bonchev–Trinajstić information content (AvgIpc) is 3.35. The lowest BCUT2D eigenvalue weighted by atomic mass is 10.0. The summed E-state index contributed by atoms with van der Waals surface area (Å²) in [5.74, 6) is -3.23. The van der Waals surface area contributed by atoms with Crippen molar-refractivity contribution in [3.05, 3.63) is 126 Å². The van der Waals surface area contributed by atoms with E-state index in [0.717, 1.165) is 11.6 Å². The molecule has 1 amide bonds. The summed E-state index contributed by atoms with van der Waals surface area (Å²) in [5, 5.41) is 10.4. The van der Waals surface area contributed by atoms with Crippen LogP contribution in [0.25, 0.3) is 28.0 Å². The van der Waals surface area contributed by atoms with Crippen molar-refractivity contribution in [1.82, 2.24) is 19.6 Å². The fourth-order valence-electron chi connectivity index (χ4n) is 4.33. The van der Waals surface area contributed by atoms with Gasteiger partial charge < -0.3 is 10.6 Å². The molecule has 0 saturated carbocycles. The van der Waals surface area contributed by atoms with Gasteiger partial charge in [0.25, 0.3) is 5.91 Å². The van der Waals surface area contributed by atoms with E-state index in [1.165, 1.54) is 24.3 Å². The van der Waals surface area contributed by atoms with Gasteiger partial charge >= 0.3 is 0 Å². The largest absolute Gasteiger partial charge is 0.324 e. The SMILES string of the molecule is O=C(Nc1cccc(-c2nn3ccccc3c2-c2ccnc(Nc3cccc(F)c3)n2)c1)c1cccc(F)c1F. The van der Waals surface area contributed by atoms with Gasteiger partial charge in [-0.3, -0.25) is 4.79 Å². The van der Waals surface area contributed by atoms with Gasteiger partial charge in [0, 0.05) is 29.3 Å². The monoisotopic (exact) mass is 536 g/mol. The van der Waals surface area contributed by atoms with Gasteiger partial charge in [0.05, 0.1) is 22.3 Å². The summed E-state index contributed by atoms with van der Waals surface area (Å²) in [7, 11) is 0. The van der Waals surface area contributed by atoms with Crippen LogP contribution in [0.2, 0.25) is 0 Å². The molecular formula is C30H19F3N6O. The van der Waals surface area contributed by atoms with Crippen molar-refractivity contribution >= 4 is 28.7 Å². The van der Waals surface area contributed by atoms with Crippen LogP contribution in [-0.4, -0.2) is 25.5 Å². The van der Waals surface area contributed by atoms with Crippen LogP contribution < -0.4 is 10.6 Å². The number of amides is 1. The van der Waals surface area contributed by atoms with Crippen LogP contribution in [0.3, 0.4) is 0 Å². The Morgan fingerprint density at radius 1 is 0.825 bits per heavy atom. The number of rotatable bonds is 6. The normalized spacial score (nSPS) is 11.0. The third kappa shape index (κ3) is 4.85. The van der Waals surface area contributed by atoms with Crippen molar-refractivity contribution < 1.29 is 18.0 Å². The highest BCUT2D eigenvalue weighted by Crippen LogP contribution is 2.35. The zero-order valence-corrected chi connectivity index (χ0v) is 20.6. The quantitative estimate of drug-likeness (QED) is 0.243. The van der Waals surface area contributed by atoms with Crippen molar-refractivity contribution in [3.63, 3.8) is 0 Å². The highest BCUT2D eigenvalue weighted by molar-refractivity contribution is 6.05. The third-order valence-corrected chi connectivity index (χ3v) is 6.12. The fraction of sp³-hybridized carbons (Fsp3) is 0. The summed E-state index contributed by atoms with van der Waals surface area (Å²) in [4.78, 5) is 21.6. The van der Waals surface area contributed by atoms with E-state index in [0.29, 0.717) is 33.9 Å². The molecule has 2 N–H and O–H groups in total. The van der Waals surface area contributed by atoms with E-state index in [4.69, 9.17) is 5.10 Å². The van der Waals surface area contributed by atoms with E-state index in [-0.39, 0.29) is 5.95 Å². The molecule has 196 valence electrons. The zero-order valence-electron chi connectivity index (χ0n) is 20.6. The molecule has 0 fully saturated rings. The van der Waals surface area contributed by atoms with Gasteiger partial charge in [0.1, 0.15) is 11.5 Å². The van der Waals surface area contributed by atoms with Gasteiger partial charge in [-0.15, -0.1) is 0 Å². The maximum Gasteiger partial charge on any atom is 0.258 e. The second-order valence-electron chi connectivity index (χ2n) is 8.79. The molecular weight excluding hydrogens is 517 g/mol. The number of fused-ring (bicyclic) bond motifs is 1. The van der Waals surface area contributed by atoms with Gasteiger partial charge in [0.15, 0.2) is 11.6 Å². The zero-order chi connectivity index (χ0) is 27.6. The van der Waals surface area contributed by atoms with Crippen molar-refractivity contribution in [2.75, 3.05) is 10.6 Å². The number of benzene rings is 3. The second kappa shape index (κ2) is 10.3. The lowest BCUT2D eigenvalue weighted by Crippen LogP contribution is -2.14. The van der Waals surface area contributed by atoms with Gasteiger partial charge in [-0.1, -0.05) is 30.3 Å². The summed E-state index contributed by atoms with van der Waals surface area (Å²) < 4.78 is 43.2. The van der Waals surface area contributed by atoms with Crippen molar-refractivity contribution in [3.8, 4) is 22.5 Å². The van der Waals surface area contributed by atoms with Gasteiger partial charge in [0.2, 0.25) is 5.95 Å². The van der Waals surface area contributed by atoms with E-state index in [9.17, 15) is 18.0 Å². The van der Waals surface area contributed by atoms with Crippen LogP contribution >= 0.6 is 0 Å². The van der Waals surface area contributed by atoms with E-state index in [1.807, 2.05) is 24.3 Å². The van der Waals surface area contributed by atoms with Crippen LogP contribution in [0.5, 0.6) is 0 Å². The van der Waals surface area contributed by atoms with E-state index in [2.05, 4.69) is 20.6 Å². The van der Waals surface area contributed by atoms with Crippen LogP contribution in [0, 0.1) is 17.5 Å². The third-order valence-electron chi connectivity index (χ3n) is 6.12. The minimum atomic E-state index is -1.22. The molecule has 3 heterocycles. The Bertz CT molecular complexity index is 1890. The molecule has 3 aromatic heterocycles. The maximum absolute atomic E-state index is 14.2. The highest BCUT2D eigenvalue weighted by Gasteiger charge is 2.20. The minimum Gasteiger partial charge on any atom is -0.324 e.